The number of anilines is 1. The lowest BCUT2D eigenvalue weighted by Gasteiger charge is -2.35. The maximum atomic E-state index is 12.6. The summed E-state index contributed by atoms with van der Waals surface area (Å²) in [5.41, 5.74) is 2.45. The molecule has 34 heavy (non-hydrogen) atoms. The number of nitrogens with zero attached hydrogens (tertiary/aromatic N) is 7. The number of hydrogen-bond acceptors (Lipinski definition) is 7. The number of ether oxygens (including phenoxy) is 1. The van der Waals surface area contributed by atoms with Crippen molar-refractivity contribution in [2.45, 2.75) is 6.54 Å². The molecule has 9 nitrogen and oxygen atoms in total. The molecule has 0 atom stereocenters. The zero-order valence-electron chi connectivity index (χ0n) is 18.1. The maximum Gasteiger partial charge on any atom is 0.260 e. The molecule has 3 heterocycles. The molecule has 5 rings (SSSR count). The number of piperazine rings is 1. The summed E-state index contributed by atoms with van der Waals surface area (Å²) in [6, 6.07) is 14.9. The first-order chi connectivity index (χ1) is 16.6. The van der Waals surface area contributed by atoms with E-state index in [0.29, 0.717) is 59.7 Å². The molecular formula is C23H21Cl2N7O2. The smallest absolute Gasteiger partial charge is 0.260 e. The lowest BCUT2D eigenvalue weighted by molar-refractivity contribution is -0.133. The van der Waals surface area contributed by atoms with Crippen LogP contribution in [0.25, 0.3) is 11.2 Å². The van der Waals surface area contributed by atoms with Crippen molar-refractivity contribution in [3.05, 3.63) is 70.5 Å². The van der Waals surface area contributed by atoms with Crippen LogP contribution in [-0.2, 0) is 11.3 Å². The van der Waals surface area contributed by atoms with E-state index < -0.39 is 0 Å². The SMILES string of the molecule is O=C(COc1ccc(Cl)cc1Cl)N1CCN(c2ncnc3c2nnn3Cc2ccccc2)CC1. The number of fused-ring (bicyclic) bond motifs is 1. The van der Waals surface area contributed by atoms with Crippen molar-refractivity contribution >= 4 is 46.1 Å². The summed E-state index contributed by atoms with van der Waals surface area (Å²) in [6.45, 7) is 2.80. The molecule has 0 saturated carbocycles. The van der Waals surface area contributed by atoms with Gasteiger partial charge >= 0.3 is 0 Å². The summed E-state index contributed by atoms with van der Waals surface area (Å²) in [4.78, 5) is 25.4. The second-order valence-corrected chi connectivity index (χ2v) is 8.68. The molecule has 0 spiro atoms. The van der Waals surface area contributed by atoms with Crippen molar-refractivity contribution in [1.82, 2.24) is 29.9 Å². The molecule has 2 aromatic heterocycles. The van der Waals surface area contributed by atoms with E-state index in [-0.39, 0.29) is 12.5 Å². The highest BCUT2D eigenvalue weighted by Crippen LogP contribution is 2.27. The van der Waals surface area contributed by atoms with Gasteiger partial charge in [-0.3, -0.25) is 4.79 Å². The van der Waals surface area contributed by atoms with E-state index in [1.807, 2.05) is 30.3 Å². The summed E-state index contributed by atoms with van der Waals surface area (Å²) in [5.74, 6) is 1.05. The van der Waals surface area contributed by atoms with Gasteiger partial charge in [-0.15, -0.1) is 5.10 Å². The molecule has 1 amide bonds. The fourth-order valence-electron chi connectivity index (χ4n) is 3.86. The van der Waals surface area contributed by atoms with Gasteiger partial charge in [-0.05, 0) is 23.8 Å². The minimum Gasteiger partial charge on any atom is -0.482 e. The molecule has 11 heteroatoms. The molecule has 0 radical (unpaired) electrons. The average molecular weight is 498 g/mol. The Hall–Kier alpha value is -3.43. The lowest BCUT2D eigenvalue weighted by atomic mass is 10.2. The lowest BCUT2D eigenvalue weighted by Crippen LogP contribution is -2.50. The van der Waals surface area contributed by atoms with Crippen LogP contribution in [0.1, 0.15) is 5.56 Å². The molecule has 0 aliphatic carbocycles. The molecule has 174 valence electrons. The Morgan fingerprint density at radius 2 is 1.79 bits per heavy atom. The van der Waals surface area contributed by atoms with Crippen molar-refractivity contribution in [3.63, 3.8) is 0 Å². The first-order valence-electron chi connectivity index (χ1n) is 10.8. The van der Waals surface area contributed by atoms with Crippen molar-refractivity contribution < 1.29 is 9.53 Å². The third kappa shape index (κ3) is 4.76. The molecule has 1 saturated heterocycles. The third-order valence-electron chi connectivity index (χ3n) is 5.63. The number of amides is 1. The van der Waals surface area contributed by atoms with Gasteiger partial charge in [-0.1, -0.05) is 58.7 Å². The number of carbonyl (C=O) groups excluding carboxylic acids is 1. The Balaban J connectivity index is 1.22. The zero-order chi connectivity index (χ0) is 23.5. The average Bonchev–Trinajstić information content (AvgIpc) is 3.27. The molecule has 4 aromatic rings. The molecule has 1 aliphatic rings. The van der Waals surface area contributed by atoms with Gasteiger partial charge in [0.2, 0.25) is 0 Å². The molecule has 0 N–H and O–H groups in total. The Morgan fingerprint density at radius 3 is 2.56 bits per heavy atom. The largest absolute Gasteiger partial charge is 0.482 e. The quantitative estimate of drug-likeness (QED) is 0.403. The predicted molar refractivity (Wildman–Crippen MR) is 129 cm³/mol. The van der Waals surface area contributed by atoms with Gasteiger partial charge in [0, 0.05) is 31.2 Å². The van der Waals surface area contributed by atoms with Crippen LogP contribution in [0.15, 0.2) is 54.9 Å². The van der Waals surface area contributed by atoms with Crippen LogP contribution in [0.3, 0.4) is 0 Å². The number of hydrogen-bond donors (Lipinski definition) is 0. The molecule has 1 fully saturated rings. The van der Waals surface area contributed by atoms with Gasteiger partial charge in [0.15, 0.2) is 23.6 Å². The van der Waals surface area contributed by atoms with Crippen LogP contribution in [0.5, 0.6) is 5.75 Å². The van der Waals surface area contributed by atoms with Gasteiger partial charge < -0.3 is 14.5 Å². The summed E-state index contributed by atoms with van der Waals surface area (Å²) in [6.07, 6.45) is 1.53. The van der Waals surface area contributed by atoms with E-state index in [1.165, 1.54) is 6.33 Å². The molecular weight excluding hydrogens is 477 g/mol. The van der Waals surface area contributed by atoms with Gasteiger partial charge in [0.1, 0.15) is 12.1 Å². The van der Waals surface area contributed by atoms with Crippen LogP contribution in [0.2, 0.25) is 10.0 Å². The Bertz CT molecular complexity index is 1310. The summed E-state index contributed by atoms with van der Waals surface area (Å²) < 4.78 is 7.36. The summed E-state index contributed by atoms with van der Waals surface area (Å²) >= 11 is 12.0. The van der Waals surface area contributed by atoms with Crippen LogP contribution < -0.4 is 9.64 Å². The molecule has 0 bridgehead atoms. The fraction of sp³-hybridized carbons (Fsp3) is 0.261. The van der Waals surface area contributed by atoms with Crippen LogP contribution in [-0.4, -0.2) is 68.6 Å². The van der Waals surface area contributed by atoms with E-state index in [4.69, 9.17) is 27.9 Å². The summed E-state index contributed by atoms with van der Waals surface area (Å²) in [5, 5.41) is 9.52. The van der Waals surface area contributed by atoms with Gasteiger partial charge in [0.25, 0.3) is 5.91 Å². The van der Waals surface area contributed by atoms with Crippen molar-refractivity contribution in [2.75, 3.05) is 37.7 Å². The number of carbonyl (C=O) groups is 1. The van der Waals surface area contributed by atoms with Crippen molar-refractivity contribution in [3.8, 4) is 5.75 Å². The Labute approximate surface area is 205 Å². The van der Waals surface area contributed by atoms with Crippen LogP contribution in [0, 0.1) is 0 Å². The second-order valence-electron chi connectivity index (χ2n) is 7.83. The van der Waals surface area contributed by atoms with Crippen molar-refractivity contribution in [2.24, 2.45) is 0 Å². The predicted octanol–water partition coefficient (Wildman–Crippen LogP) is 3.30. The van der Waals surface area contributed by atoms with Crippen LogP contribution >= 0.6 is 23.2 Å². The second kappa shape index (κ2) is 9.82. The fourth-order valence-corrected chi connectivity index (χ4v) is 4.33. The summed E-state index contributed by atoms with van der Waals surface area (Å²) in [7, 11) is 0. The number of halogens is 2. The molecule has 0 unspecified atom stereocenters. The zero-order valence-corrected chi connectivity index (χ0v) is 19.7. The third-order valence-corrected chi connectivity index (χ3v) is 6.16. The normalized spacial score (nSPS) is 13.9. The highest BCUT2D eigenvalue weighted by atomic mass is 35.5. The topological polar surface area (TPSA) is 89.3 Å². The minimum atomic E-state index is -0.104. The molecule has 2 aromatic carbocycles. The van der Waals surface area contributed by atoms with Gasteiger partial charge in [-0.25, -0.2) is 14.6 Å². The van der Waals surface area contributed by atoms with Gasteiger partial charge in [0.05, 0.1) is 11.6 Å². The van der Waals surface area contributed by atoms with E-state index in [9.17, 15) is 4.79 Å². The first-order valence-corrected chi connectivity index (χ1v) is 11.5. The maximum absolute atomic E-state index is 12.6. The van der Waals surface area contributed by atoms with Gasteiger partial charge in [-0.2, -0.15) is 0 Å². The van der Waals surface area contributed by atoms with E-state index in [2.05, 4.69) is 25.2 Å². The minimum absolute atomic E-state index is 0.0904. The molecule has 1 aliphatic heterocycles. The Morgan fingerprint density at radius 1 is 1.00 bits per heavy atom. The first kappa shape index (κ1) is 22.4. The van der Waals surface area contributed by atoms with E-state index >= 15 is 0 Å². The number of benzene rings is 2. The number of aromatic nitrogens is 5. The standard InChI is InChI=1S/C23H21Cl2N7O2/c24-17-6-7-19(18(25)12-17)34-14-20(33)30-8-10-31(11-9-30)22-21-23(27-15-26-22)32(29-28-21)13-16-4-2-1-3-5-16/h1-7,12,15H,8-11,13-14H2. The van der Waals surface area contributed by atoms with Crippen LogP contribution in [0.4, 0.5) is 5.82 Å². The highest BCUT2D eigenvalue weighted by Gasteiger charge is 2.25. The number of rotatable bonds is 6. The highest BCUT2D eigenvalue weighted by molar-refractivity contribution is 6.35. The van der Waals surface area contributed by atoms with E-state index in [1.54, 1.807) is 27.8 Å². The monoisotopic (exact) mass is 497 g/mol. The van der Waals surface area contributed by atoms with Crippen molar-refractivity contribution in [1.29, 1.82) is 0 Å². The Kier molecular flexibility index (Phi) is 6.46. The van der Waals surface area contributed by atoms with E-state index in [0.717, 1.165) is 11.4 Å².